The maximum Gasteiger partial charge on any atom is 0.261 e. The molecule has 2 N–H and O–H groups in total. The number of pyridine rings is 1. The zero-order valence-electron chi connectivity index (χ0n) is 16.2. The third-order valence-corrected chi connectivity index (χ3v) is 4.67. The number of amides is 1. The van der Waals surface area contributed by atoms with Gasteiger partial charge in [-0.25, -0.2) is 0 Å². The Morgan fingerprint density at radius 1 is 1.32 bits per heavy atom. The van der Waals surface area contributed by atoms with E-state index in [0.717, 1.165) is 10.9 Å². The second-order valence-electron chi connectivity index (χ2n) is 7.67. The van der Waals surface area contributed by atoms with Crippen LogP contribution in [0.5, 0.6) is 0 Å². The van der Waals surface area contributed by atoms with E-state index in [-0.39, 0.29) is 11.9 Å². The van der Waals surface area contributed by atoms with Crippen LogP contribution >= 0.6 is 0 Å². The number of carbonyl (C=O) groups excluding carboxylic acids is 1. The highest BCUT2D eigenvalue weighted by Crippen LogP contribution is 2.33. The number of hydrogen-bond donors (Lipinski definition) is 2. The Bertz CT molecular complexity index is 1180. The SMILES string of the molecule is CC(C)n1cc2cc(NC(=O)c3coc4cccnc34)c(C(C)(C)O)cc2n1. The van der Waals surface area contributed by atoms with Crippen molar-refractivity contribution in [2.45, 2.75) is 39.3 Å². The number of nitrogens with one attached hydrogen (secondary N) is 1. The van der Waals surface area contributed by atoms with Crippen molar-refractivity contribution in [2.75, 3.05) is 5.32 Å². The van der Waals surface area contributed by atoms with Crippen molar-refractivity contribution in [2.24, 2.45) is 0 Å². The molecule has 1 aromatic carbocycles. The second kappa shape index (κ2) is 6.45. The first kappa shape index (κ1) is 18.2. The molecule has 0 fully saturated rings. The molecule has 0 aliphatic rings. The van der Waals surface area contributed by atoms with Crippen LogP contribution in [0.4, 0.5) is 5.69 Å². The lowest BCUT2D eigenvalue weighted by molar-refractivity contribution is 0.0794. The van der Waals surface area contributed by atoms with Crippen LogP contribution < -0.4 is 5.32 Å². The number of rotatable bonds is 4. The van der Waals surface area contributed by atoms with Crippen molar-refractivity contribution in [1.82, 2.24) is 14.8 Å². The number of nitrogens with zero attached hydrogens (tertiary/aromatic N) is 3. The monoisotopic (exact) mass is 378 g/mol. The van der Waals surface area contributed by atoms with Crippen LogP contribution in [0.3, 0.4) is 0 Å². The Morgan fingerprint density at radius 2 is 2.11 bits per heavy atom. The van der Waals surface area contributed by atoms with E-state index in [1.807, 2.05) is 36.9 Å². The highest BCUT2D eigenvalue weighted by molar-refractivity contribution is 6.12. The molecule has 3 aromatic heterocycles. The predicted octanol–water partition coefficient (Wildman–Crippen LogP) is 4.24. The van der Waals surface area contributed by atoms with E-state index < -0.39 is 5.60 Å². The van der Waals surface area contributed by atoms with Crippen molar-refractivity contribution in [3.8, 4) is 0 Å². The summed E-state index contributed by atoms with van der Waals surface area (Å²) in [6.45, 7) is 7.45. The predicted molar refractivity (Wildman–Crippen MR) is 107 cm³/mol. The highest BCUT2D eigenvalue weighted by Gasteiger charge is 2.24. The molecule has 0 aliphatic carbocycles. The van der Waals surface area contributed by atoms with Crippen LogP contribution in [0, 0.1) is 0 Å². The lowest BCUT2D eigenvalue weighted by atomic mass is 9.95. The number of fused-ring (bicyclic) bond motifs is 2. The summed E-state index contributed by atoms with van der Waals surface area (Å²) in [7, 11) is 0. The number of furan rings is 1. The molecule has 7 nitrogen and oxygen atoms in total. The number of hydrogen-bond acceptors (Lipinski definition) is 5. The van der Waals surface area contributed by atoms with Gasteiger partial charge >= 0.3 is 0 Å². The van der Waals surface area contributed by atoms with Gasteiger partial charge in [0.1, 0.15) is 17.3 Å². The molecule has 4 rings (SSSR count). The van der Waals surface area contributed by atoms with Gasteiger partial charge in [-0.05, 0) is 52.0 Å². The van der Waals surface area contributed by atoms with Crippen LogP contribution in [-0.4, -0.2) is 25.8 Å². The molecule has 0 saturated heterocycles. The summed E-state index contributed by atoms with van der Waals surface area (Å²) in [5.41, 5.74) is 2.11. The van der Waals surface area contributed by atoms with Gasteiger partial charge in [0.25, 0.3) is 5.91 Å². The molecule has 3 heterocycles. The first-order chi connectivity index (χ1) is 13.2. The van der Waals surface area contributed by atoms with E-state index >= 15 is 0 Å². The van der Waals surface area contributed by atoms with Gasteiger partial charge in [-0.1, -0.05) is 0 Å². The molecule has 0 bridgehead atoms. The van der Waals surface area contributed by atoms with Crippen molar-refractivity contribution in [3.63, 3.8) is 0 Å². The molecule has 0 radical (unpaired) electrons. The molecular formula is C21H22N4O3. The summed E-state index contributed by atoms with van der Waals surface area (Å²) in [6, 6.07) is 7.37. The van der Waals surface area contributed by atoms with Crippen molar-refractivity contribution in [3.05, 3.63) is 54.0 Å². The average Bonchev–Trinajstić information content (AvgIpc) is 3.24. The van der Waals surface area contributed by atoms with Gasteiger partial charge < -0.3 is 14.8 Å². The number of benzene rings is 1. The van der Waals surface area contributed by atoms with Gasteiger partial charge in [0, 0.05) is 35.1 Å². The van der Waals surface area contributed by atoms with Gasteiger partial charge in [-0.3, -0.25) is 14.5 Å². The minimum Gasteiger partial charge on any atom is -0.462 e. The molecule has 1 amide bonds. The first-order valence-corrected chi connectivity index (χ1v) is 9.13. The Hall–Kier alpha value is -3.19. The quantitative estimate of drug-likeness (QED) is 0.554. The molecule has 28 heavy (non-hydrogen) atoms. The molecule has 0 aliphatic heterocycles. The van der Waals surface area contributed by atoms with Crippen LogP contribution in [0.15, 0.2) is 47.3 Å². The van der Waals surface area contributed by atoms with E-state index in [1.165, 1.54) is 6.26 Å². The minimum absolute atomic E-state index is 0.208. The normalized spacial score (nSPS) is 12.2. The molecule has 7 heteroatoms. The third-order valence-electron chi connectivity index (χ3n) is 4.67. The Kier molecular flexibility index (Phi) is 4.19. The topological polar surface area (TPSA) is 93.2 Å². The second-order valence-corrected chi connectivity index (χ2v) is 7.67. The van der Waals surface area contributed by atoms with Crippen LogP contribution in [-0.2, 0) is 5.60 Å². The van der Waals surface area contributed by atoms with Gasteiger partial charge in [0.05, 0.1) is 11.1 Å². The first-order valence-electron chi connectivity index (χ1n) is 9.13. The number of carbonyl (C=O) groups is 1. The molecule has 4 aromatic rings. The molecular weight excluding hydrogens is 356 g/mol. The average molecular weight is 378 g/mol. The Balaban J connectivity index is 1.79. The van der Waals surface area contributed by atoms with E-state index in [1.54, 1.807) is 32.2 Å². The maximum atomic E-state index is 12.9. The summed E-state index contributed by atoms with van der Waals surface area (Å²) in [6.07, 6.45) is 4.94. The lowest BCUT2D eigenvalue weighted by Gasteiger charge is -2.22. The smallest absolute Gasteiger partial charge is 0.261 e. The van der Waals surface area contributed by atoms with Gasteiger partial charge in [-0.2, -0.15) is 5.10 Å². The fourth-order valence-electron chi connectivity index (χ4n) is 3.18. The molecule has 0 spiro atoms. The maximum absolute atomic E-state index is 12.9. The molecule has 0 saturated carbocycles. The van der Waals surface area contributed by atoms with Crippen molar-refractivity contribution in [1.29, 1.82) is 0 Å². The fraction of sp³-hybridized carbons (Fsp3) is 0.286. The zero-order chi connectivity index (χ0) is 20.1. The molecule has 0 atom stereocenters. The van der Waals surface area contributed by atoms with Crippen LogP contribution in [0.25, 0.3) is 22.0 Å². The fourth-order valence-corrected chi connectivity index (χ4v) is 3.18. The number of aromatic nitrogens is 3. The number of anilines is 1. The van der Waals surface area contributed by atoms with Crippen LogP contribution in [0.2, 0.25) is 0 Å². The third kappa shape index (κ3) is 3.14. The van der Waals surface area contributed by atoms with Gasteiger partial charge in [0.15, 0.2) is 5.58 Å². The summed E-state index contributed by atoms with van der Waals surface area (Å²) in [4.78, 5) is 17.1. The largest absolute Gasteiger partial charge is 0.462 e. The van der Waals surface area contributed by atoms with Crippen molar-refractivity contribution < 1.29 is 14.3 Å². The van der Waals surface area contributed by atoms with E-state index in [9.17, 15) is 9.90 Å². The van der Waals surface area contributed by atoms with Crippen molar-refractivity contribution >= 4 is 33.6 Å². The Morgan fingerprint density at radius 3 is 2.82 bits per heavy atom. The summed E-state index contributed by atoms with van der Waals surface area (Å²) in [5.74, 6) is -0.349. The summed E-state index contributed by atoms with van der Waals surface area (Å²) in [5, 5.41) is 19.0. The van der Waals surface area contributed by atoms with E-state index in [2.05, 4.69) is 15.4 Å². The van der Waals surface area contributed by atoms with E-state index in [4.69, 9.17) is 4.42 Å². The molecule has 144 valence electrons. The summed E-state index contributed by atoms with van der Waals surface area (Å²) >= 11 is 0. The Labute approximate surface area is 162 Å². The zero-order valence-corrected chi connectivity index (χ0v) is 16.2. The van der Waals surface area contributed by atoms with Crippen LogP contribution in [0.1, 0.15) is 49.7 Å². The highest BCUT2D eigenvalue weighted by atomic mass is 16.3. The minimum atomic E-state index is -1.16. The van der Waals surface area contributed by atoms with Gasteiger partial charge in [0.2, 0.25) is 0 Å². The standard InChI is InChI=1S/C21H22N4O3/c1-12(2)25-10-13-8-17(15(21(3,4)27)9-16(13)24-25)23-20(26)14-11-28-18-6-5-7-22-19(14)18/h5-12,27H,1-4H3,(H,23,26). The molecule has 0 unspecified atom stereocenters. The van der Waals surface area contributed by atoms with E-state index in [0.29, 0.717) is 27.9 Å². The summed E-state index contributed by atoms with van der Waals surface area (Å²) < 4.78 is 7.28. The van der Waals surface area contributed by atoms with Gasteiger partial charge in [-0.15, -0.1) is 0 Å². The number of aliphatic hydroxyl groups is 1. The lowest BCUT2D eigenvalue weighted by Crippen LogP contribution is -2.21.